The Kier molecular flexibility index (Phi) is 3.89. The van der Waals surface area contributed by atoms with Gasteiger partial charge in [0.1, 0.15) is 0 Å². The standard InChI is InChI=1S/C20H18N4O4/c25-19-6-14(20(26)22-15-3-2-13-8-21-23-16(13)7-15)10-24(19)9-12-1-4-17-18(5-12)28-11-27-17/h1-5,7-8,14H,6,9-11H2,(H,21,23)(H,22,26). The number of carbonyl (C=O) groups is 2. The van der Waals surface area contributed by atoms with Gasteiger partial charge >= 0.3 is 0 Å². The van der Waals surface area contributed by atoms with Crippen LogP contribution in [0.25, 0.3) is 10.9 Å². The molecule has 0 bridgehead atoms. The van der Waals surface area contributed by atoms with E-state index >= 15 is 0 Å². The molecule has 3 heterocycles. The highest BCUT2D eigenvalue weighted by molar-refractivity contribution is 5.98. The van der Waals surface area contributed by atoms with Crippen LogP contribution >= 0.6 is 0 Å². The van der Waals surface area contributed by atoms with Crippen molar-refractivity contribution in [3.8, 4) is 11.5 Å². The number of hydrogen-bond acceptors (Lipinski definition) is 5. The Morgan fingerprint density at radius 3 is 3.04 bits per heavy atom. The predicted octanol–water partition coefficient (Wildman–Crippen LogP) is 2.28. The first kappa shape index (κ1) is 16.6. The van der Waals surface area contributed by atoms with Gasteiger partial charge < -0.3 is 19.7 Å². The molecule has 2 amide bonds. The van der Waals surface area contributed by atoms with E-state index in [1.54, 1.807) is 11.1 Å². The third kappa shape index (κ3) is 3.02. The monoisotopic (exact) mass is 378 g/mol. The summed E-state index contributed by atoms with van der Waals surface area (Å²) in [4.78, 5) is 26.7. The van der Waals surface area contributed by atoms with Gasteiger partial charge in [0.05, 0.1) is 17.6 Å². The number of aromatic amines is 1. The van der Waals surface area contributed by atoms with Gasteiger partial charge in [-0.05, 0) is 35.9 Å². The summed E-state index contributed by atoms with van der Waals surface area (Å²) in [6.07, 6.45) is 1.94. The zero-order valence-corrected chi connectivity index (χ0v) is 15.0. The quantitative estimate of drug-likeness (QED) is 0.726. The molecule has 1 aromatic heterocycles. The lowest BCUT2D eigenvalue weighted by molar-refractivity contribution is -0.128. The van der Waals surface area contributed by atoms with Crippen molar-refractivity contribution >= 4 is 28.4 Å². The van der Waals surface area contributed by atoms with Crippen LogP contribution in [0.4, 0.5) is 5.69 Å². The summed E-state index contributed by atoms with van der Waals surface area (Å²) in [6.45, 7) is 1.05. The van der Waals surface area contributed by atoms with E-state index in [0.29, 0.717) is 30.3 Å². The molecule has 1 unspecified atom stereocenters. The first-order chi connectivity index (χ1) is 13.7. The van der Waals surface area contributed by atoms with Crippen molar-refractivity contribution in [3.05, 3.63) is 48.2 Å². The molecule has 2 N–H and O–H groups in total. The Hall–Kier alpha value is -3.55. The summed E-state index contributed by atoms with van der Waals surface area (Å²) in [5.74, 6) is 0.844. The fraction of sp³-hybridized carbons (Fsp3) is 0.250. The second-order valence-corrected chi connectivity index (χ2v) is 7.02. The molecule has 142 valence electrons. The molecule has 2 aliphatic heterocycles. The normalized spacial score (nSPS) is 18.1. The lowest BCUT2D eigenvalue weighted by Gasteiger charge is -2.17. The van der Waals surface area contributed by atoms with Gasteiger partial charge in [-0.3, -0.25) is 14.7 Å². The molecule has 2 aromatic carbocycles. The van der Waals surface area contributed by atoms with Crippen LogP contribution in [0.2, 0.25) is 0 Å². The smallest absolute Gasteiger partial charge is 0.231 e. The second-order valence-electron chi connectivity index (χ2n) is 7.02. The molecular weight excluding hydrogens is 360 g/mol. The highest BCUT2D eigenvalue weighted by Gasteiger charge is 2.34. The van der Waals surface area contributed by atoms with Crippen LogP contribution in [0.5, 0.6) is 11.5 Å². The van der Waals surface area contributed by atoms with E-state index in [1.807, 2.05) is 36.4 Å². The molecule has 0 spiro atoms. The fourth-order valence-corrected chi connectivity index (χ4v) is 3.62. The first-order valence-electron chi connectivity index (χ1n) is 9.06. The Morgan fingerprint density at radius 1 is 1.21 bits per heavy atom. The van der Waals surface area contributed by atoms with Crippen molar-refractivity contribution in [2.75, 3.05) is 18.7 Å². The van der Waals surface area contributed by atoms with Gasteiger partial charge in [0.2, 0.25) is 18.6 Å². The minimum absolute atomic E-state index is 0.0261. The van der Waals surface area contributed by atoms with Crippen molar-refractivity contribution < 1.29 is 19.1 Å². The van der Waals surface area contributed by atoms with Crippen molar-refractivity contribution in [3.63, 3.8) is 0 Å². The minimum atomic E-state index is -0.376. The van der Waals surface area contributed by atoms with Gasteiger partial charge in [0.25, 0.3) is 0 Å². The minimum Gasteiger partial charge on any atom is -0.454 e. The maximum atomic E-state index is 12.6. The van der Waals surface area contributed by atoms with E-state index in [-0.39, 0.29) is 30.9 Å². The van der Waals surface area contributed by atoms with E-state index in [1.165, 1.54) is 0 Å². The highest BCUT2D eigenvalue weighted by atomic mass is 16.7. The number of anilines is 1. The van der Waals surface area contributed by atoms with Crippen LogP contribution in [0.3, 0.4) is 0 Å². The van der Waals surface area contributed by atoms with E-state index in [0.717, 1.165) is 16.5 Å². The van der Waals surface area contributed by atoms with Crippen molar-refractivity contribution in [2.45, 2.75) is 13.0 Å². The Labute approximate surface area is 160 Å². The van der Waals surface area contributed by atoms with Crippen LogP contribution in [0, 0.1) is 5.92 Å². The second kappa shape index (κ2) is 6.56. The average molecular weight is 378 g/mol. The summed E-state index contributed by atoms with van der Waals surface area (Å²) in [5, 5.41) is 10.7. The molecule has 5 rings (SSSR count). The third-order valence-corrected chi connectivity index (χ3v) is 5.11. The SMILES string of the molecule is O=C(Nc1ccc2cn[nH]c2c1)C1CC(=O)N(Cc2ccc3c(c2)OCO3)C1. The number of hydrogen-bond donors (Lipinski definition) is 2. The topological polar surface area (TPSA) is 96.5 Å². The summed E-state index contributed by atoms with van der Waals surface area (Å²) >= 11 is 0. The Morgan fingerprint density at radius 2 is 2.11 bits per heavy atom. The molecule has 8 heteroatoms. The maximum absolute atomic E-state index is 12.6. The van der Waals surface area contributed by atoms with Gasteiger partial charge in [-0.1, -0.05) is 6.07 Å². The van der Waals surface area contributed by atoms with Gasteiger partial charge in [0, 0.05) is 30.6 Å². The molecule has 28 heavy (non-hydrogen) atoms. The number of nitrogens with zero attached hydrogens (tertiary/aromatic N) is 2. The van der Waals surface area contributed by atoms with Crippen LogP contribution in [-0.4, -0.2) is 40.2 Å². The third-order valence-electron chi connectivity index (χ3n) is 5.11. The molecule has 1 saturated heterocycles. The average Bonchev–Trinajstić information content (AvgIpc) is 3.41. The summed E-state index contributed by atoms with van der Waals surface area (Å²) in [5.41, 5.74) is 2.48. The molecule has 0 radical (unpaired) electrons. The summed E-state index contributed by atoms with van der Waals surface area (Å²) < 4.78 is 10.7. The van der Waals surface area contributed by atoms with Gasteiger partial charge in [-0.2, -0.15) is 5.10 Å². The van der Waals surface area contributed by atoms with Crippen LogP contribution in [0.15, 0.2) is 42.6 Å². The number of likely N-dealkylation sites (tertiary alicyclic amines) is 1. The molecule has 1 fully saturated rings. The Bertz CT molecular complexity index is 1080. The number of carbonyl (C=O) groups excluding carboxylic acids is 2. The molecule has 0 aliphatic carbocycles. The first-order valence-corrected chi connectivity index (χ1v) is 9.06. The number of fused-ring (bicyclic) bond motifs is 2. The van der Waals surface area contributed by atoms with Crippen LogP contribution in [0.1, 0.15) is 12.0 Å². The zero-order valence-electron chi connectivity index (χ0n) is 15.0. The van der Waals surface area contributed by atoms with Crippen molar-refractivity contribution in [1.82, 2.24) is 15.1 Å². The summed E-state index contributed by atoms with van der Waals surface area (Å²) in [6, 6.07) is 11.2. The number of amides is 2. The number of H-pyrrole nitrogens is 1. The summed E-state index contributed by atoms with van der Waals surface area (Å²) in [7, 11) is 0. The lowest BCUT2D eigenvalue weighted by atomic mass is 10.1. The lowest BCUT2D eigenvalue weighted by Crippen LogP contribution is -2.28. The highest BCUT2D eigenvalue weighted by Crippen LogP contribution is 2.33. The van der Waals surface area contributed by atoms with E-state index < -0.39 is 0 Å². The van der Waals surface area contributed by atoms with Crippen LogP contribution in [-0.2, 0) is 16.1 Å². The van der Waals surface area contributed by atoms with Gasteiger partial charge in [0.15, 0.2) is 11.5 Å². The largest absolute Gasteiger partial charge is 0.454 e. The molecule has 8 nitrogen and oxygen atoms in total. The molecule has 3 aromatic rings. The van der Waals surface area contributed by atoms with Crippen molar-refractivity contribution in [1.29, 1.82) is 0 Å². The number of aromatic nitrogens is 2. The molecule has 1 atom stereocenters. The Balaban J connectivity index is 1.24. The number of ether oxygens (including phenoxy) is 2. The maximum Gasteiger partial charge on any atom is 0.231 e. The van der Waals surface area contributed by atoms with E-state index in [9.17, 15) is 9.59 Å². The number of benzene rings is 2. The van der Waals surface area contributed by atoms with E-state index in [2.05, 4.69) is 15.5 Å². The van der Waals surface area contributed by atoms with Crippen molar-refractivity contribution in [2.24, 2.45) is 5.92 Å². The molecule has 2 aliphatic rings. The van der Waals surface area contributed by atoms with Gasteiger partial charge in [-0.15, -0.1) is 0 Å². The molecular formula is C20H18N4O4. The molecule has 0 saturated carbocycles. The number of rotatable bonds is 4. The van der Waals surface area contributed by atoms with E-state index in [4.69, 9.17) is 9.47 Å². The fourth-order valence-electron chi connectivity index (χ4n) is 3.62. The van der Waals surface area contributed by atoms with Crippen LogP contribution < -0.4 is 14.8 Å². The van der Waals surface area contributed by atoms with Gasteiger partial charge in [-0.25, -0.2) is 0 Å². The predicted molar refractivity (Wildman–Crippen MR) is 101 cm³/mol. The number of nitrogens with one attached hydrogen (secondary N) is 2. The zero-order chi connectivity index (χ0) is 19.1.